The largest absolute Gasteiger partial charge is 0.345 e. The van der Waals surface area contributed by atoms with Crippen molar-refractivity contribution in [3.63, 3.8) is 0 Å². The Morgan fingerprint density at radius 2 is 2.18 bits per heavy atom. The Labute approximate surface area is 67.9 Å². The lowest BCUT2D eigenvalue weighted by Crippen LogP contribution is -2.28. The number of rotatable bonds is 0. The average Bonchev–Trinajstić information content (AvgIpc) is 1.98. The third kappa shape index (κ3) is 2.37. The van der Waals surface area contributed by atoms with Gasteiger partial charge in [-0.15, -0.1) is 0 Å². The van der Waals surface area contributed by atoms with Crippen molar-refractivity contribution in [2.75, 3.05) is 13.6 Å². The van der Waals surface area contributed by atoms with E-state index in [1.807, 2.05) is 11.9 Å². The Balaban J connectivity index is 2.56. The maximum atomic E-state index is 11.2. The molecule has 0 aliphatic carbocycles. The van der Waals surface area contributed by atoms with Gasteiger partial charge in [0.15, 0.2) is 0 Å². The molecule has 2 nitrogen and oxygen atoms in total. The van der Waals surface area contributed by atoms with Crippen molar-refractivity contribution in [3.8, 4) is 0 Å². The Kier molecular flexibility index (Phi) is 2.69. The molecule has 0 unspecified atom stereocenters. The van der Waals surface area contributed by atoms with Crippen molar-refractivity contribution in [3.05, 3.63) is 11.6 Å². The molecule has 0 fully saturated rings. The first-order chi connectivity index (χ1) is 5.20. The highest BCUT2D eigenvalue weighted by molar-refractivity contribution is 5.76. The molecule has 0 radical (unpaired) electrons. The minimum absolute atomic E-state index is 0.275. The van der Waals surface area contributed by atoms with E-state index >= 15 is 0 Å². The van der Waals surface area contributed by atoms with Crippen LogP contribution < -0.4 is 0 Å². The van der Waals surface area contributed by atoms with Crippen molar-refractivity contribution >= 4 is 5.91 Å². The van der Waals surface area contributed by atoms with Gasteiger partial charge in [-0.2, -0.15) is 0 Å². The van der Waals surface area contributed by atoms with Gasteiger partial charge >= 0.3 is 0 Å². The van der Waals surface area contributed by atoms with Crippen LogP contribution >= 0.6 is 0 Å². The minimum atomic E-state index is 0.275. The quantitative estimate of drug-likeness (QED) is 0.484. The molecule has 0 saturated heterocycles. The third-order valence-electron chi connectivity index (χ3n) is 2.12. The van der Waals surface area contributed by atoms with E-state index in [1.165, 1.54) is 5.57 Å². The van der Waals surface area contributed by atoms with Crippen molar-refractivity contribution in [1.82, 2.24) is 4.90 Å². The Morgan fingerprint density at radius 1 is 1.45 bits per heavy atom. The number of amides is 1. The van der Waals surface area contributed by atoms with E-state index in [4.69, 9.17) is 0 Å². The molecule has 0 atom stereocenters. The van der Waals surface area contributed by atoms with Gasteiger partial charge in [0.2, 0.25) is 5.91 Å². The first kappa shape index (κ1) is 8.31. The molecule has 0 aromatic heterocycles. The fourth-order valence-corrected chi connectivity index (χ4v) is 1.23. The summed E-state index contributed by atoms with van der Waals surface area (Å²) in [5.74, 6) is 0.275. The number of allylic oxidation sites excluding steroid dienone is 1. The number of nitrogens with zero attached hydrogens (tertiary/aromatic N) is 1. The van der Waals surface area contributed by atoms with Crippen LogP contribution in [0.3, 0.4) is 0 Å². The summed E-state index contributed by atoms with van der Waals surface area (Å²) in [6, 6.07) is 0. The van der Waals surface area contributed by atoms with Crippen LogP contribution in [0, 0.1) is 0 Å². The molecule has 0 saturated carbocycles. The van der Waals surface area contributed by atoms with Crippen molar-refractivity contribution in [2.24, 2.45) is 0 Å². The second-order valence-electron chi connectivity index (χ2n) is 3.15. The fraction of sp³-hybridized carbons (Fsp3) is 0.667. The lowest BCUT2D eigenvalue weighted by Gasteiger charge is -2.18. The molecule has 1 aliphatic rings. The molecular weight excluding hydrogens is 138 g/mol. The van der Waals surface area contributed by atoms with E-state index < -0.39 is 0 Å². The Morgan fingerprint density at radius 3 is 2.91 bits per heavy atom. The van der Waals surface area contributed by atoms with E-state index in [1.54, 1.807) is 0 Å². The third-order valence-corrected chi connectivity index (χ3v) is 2.12. The van der Waals surface area contributed by atoms with Crippen LogP contribution in [0.1, 0.15) is 26.2 Å². The van der Waals surface area contributed by atoms with Crippen LogP contribution in [-0.4, -0.2) is 24.4 Å². The van der Waals surface area contributed by atoms with Crippen LogP contribution in [0.4, 0.5) is 0 Å². The molecule has 0 aromatic carbocycles. The highest BCUT2D eigenvalue weighted by atomic mass is 16.2. The molecule has 0 N–H and O–H groups in total. The molecule has 2 heteroatoms. The van der Waals surface area contributed by atoms with Gasteiger partial charge in [0.25, 0.3) is 0 Å². The van der Waals surface area contributed by atoms with Gasteiger partial charge in [0.05, 0.1) is 0 Å². The van der Waals surface area contributed by atoms with Crippen molar-refractivity contribution in [2.45, 2.75) is 26.2 Å². The van der Waals surface area contributed by atoms with Crippen molar-refractivity contribution in [1.29, 1.82) is 0 Å². The summed E-state index contributed by atoms with van der Waals surface area (Å²) in [6.45, 7) is 2.97. The molecule has 1 amide bonds. The zero-order valence-electron chi connectivity index (χ0n) is 7.26. The zero-order valence-corrected chi connectivity index (χ0v) is 7.26. The average molecular weight is 153 g/mol. The van der Waals surface area contributed by atoms with E-state index in [0.29, 0.717) is 6.42 Å². The van der Waals surface area contributed by atoms with Gasteiger partial charge in [-0.1, -0.05) is 11.6 Å². The molecule has 1 aliphatic heterocycles. The Hall–Kier alpha value is -0.790. The molecule has 11 heavy (non-hydrogen) atoms. The van der Waals surface area contributed by atoms with E-state index in [9.17, 15) is 4.79 Å². The predicted octanol–water partition coefficient (Wildman–Crippen LogP) is 1.57. The summed E-state index contributed by atoms with van der Waals surface area (Å²) >= 11 is 0. The number of carbonyl (C=O) groups is 1. The maximum absolute atomic E-state index is 11.2. The normalized spacial score (nSPS) is 25.5. The molecule has 0 bridgehead atoms. The highest BCUT2D eigenvalue weighted by Crippen LogP contribution is 2.10. The zero-order chi connectivity index (χ0) is 8.27. The lowest BCUT2D eigenvalue weighted by molar-refractivity contribution is -0.129. The molecule has 1 heterocycles. The standard InChI is InChI=1S/C9H15NO/c1-8-4-3-7-10(2)9(11)6-5-8/h4H,3,5-7H2,1-2H3/b8-4+. The monoisotopic (exact) mass is 153 g/mol. The molecular formula is C9H15NO. The number of hydrogen-bond acceptors (Lipinski definition) is 1. The van der Waals surface area contributed by atoms with E-state index in [2.05, 4.69) is 13.0 Å². The summed E-state index contributed by atoms with van der Waals surface area (Å²) in [7, 11) is 1.87. The van der Waals surface area contributed by atoms with E-state index in [0.717, 1.165) is 19.4 Å². The fourth-order valence-electron chi connectivity index (χ4n) is 1.23. The van der Waals surface area contributed by atoms with Gasteiger partial charge < -0.3 is 4.90 Å². The first-order valence-electron chi connectivity index (χ1n) is 4.10. The summed E-state index contributed by atoms with van der Waals surface area (Å²) in [5.41, 5.74) is 1.35. The van der Waals surface area contributed by atoms with E-state index in [-0.39, 0.29) is 5.91 Å². The van der Waals surface area contributed by atoms with Crippen LogP contribution in [0.2, 0.25) is 0 Å². The molecule has 62 valence electrons. The van der Waals surface area contributed by atoms with Gasteiger partial charge in [-0.3, -0.25) is 4.79 Å². The first-order valence-corrected chi connectivity index (χ1v) is 4.10. The Bertz CT molecular complexity index is 184. The summed E-state index contributed by atoms with van der Waals surface area (Å²) in [4.78, 5) is 13.0. The number of carbonyl (C=O) groups excluding carboxylic acids is 1. The van der Waals surface area contributed by atoms with Crippen LogP contribution in [0.25, 0.3) is 0 Å². The summed E-state index contributed by atoms with van der Waals surface area (Å²) in [6.07, 6.45) is 4.85. The summed E-state index contributed by atoms with van der Waals surface area (Å²) in [5, 5.41) is 0. The lowest BCUT2D eigenvalue weighted by atomic mass is 10.1. The molecule has 0 spiro atoms. The van der Waals surface area contributed by atoms with Crippen LogP contribution in [0.5, 0.6) is 0 Å². The van der Waals surface area contributed by atoms with Gasteiger partial charge in [0.1, 0.15) is 0 Å². The highest BCUT2D eigenvalue weighted by Gasteiger charge is 2.09. The van der Waals surface area contributed by atoms with Crippen LogP contribution in [0.15, 0.2) is 11.6 Å². The SMILES string of the molecule is C/C1=C\CCN(C)C(=O)CC1. The van der Waals surface area contributed by atoms with Gasteiger partial charge in [0, 0.05) is 20.0 Å². The minimum Gasteiger partial charge on any atom is -0.345 e. The second-order valence-corrected chi connectivity index (χ2v) is 3.15. The molecule has 1 rings (SSSR count). The number of hydrogen-bond donors (Lipinski definition) is 0. The van der Waals surface area contributed by atoms with Gasteiger partial charge in [-0.25, -0.2) is 0 Å². The second kappa shape index (κ2) is 3.56. The molecule has 0 aromatic rings. The van der Waals surface area contributed by atoms with Crippen molar-refractivity contribution < 1.29 is 4.79 Å². The smallest absolute Gasteiger partial charge is 0.222 e. The summed E-state index contributed by atoms with van der Waals surface area (Å²) < 4.78 is 0. The maximum Gasteiger partial charge on any atom is 0.222 e. The van der Waals surface area contributed by atoms with Crippen LogP contribution in [-0.2, 0) is 4.79 Å². The topological polar surface area (TPSA) is 20.3 Å². The predicted molar refractivity (Wildman–Crippen MR) is 45.2 cm³/mol. The van der Waals surface area contributed by atoms with Gasteiger partial charge in [-0.05, 0) is 19.8 Å².